The average molecular weight is 417 g/mol. The van der Waals surface area contributed by atoms with Crippen molar-refractivity contribution in [1.29, 1.82) is 0 Å². The van der Waals surface area contributed by atoms with Crippen LogP contribution >= 0.6 is 0 Å². The molecular formula is C23H19N3O5. The van der Waals surface area contributed by atoms with Gasteiger partial charge in [0.1, 0.15) is 17.0 Å². The predicted molar refractivity (Wildman–Crippen MR) is 111 cm³/mol. The van der Waals surface area contributed by atoms with Crippen molar-refractivity contribution in [1.82, 2.24) is 15.4 Å². The number of nitrogens with zero attached hydrogens (tertiary/aromatic N) is 2. The van der Waals surface area contributed by atoms with Crippen molar-refractivity contribution >= 4 is 22.7 Å². The lowest BCUT2D eigenvalue weighted by molar-refractivity contribution is -0.131. The molecule has 31 heavy (non-hydrogen) atoms. The van der Waals surface area contributed by atoms with E-state index < -0.39 is 11.6 Å². The maximum absolute atomic E-state index is 13.3. The number of furan rings is 1. The molecule has 1 saturated heterocycles. The third kappa shape index (κ3) is 3.13. The summed E-state index contributed by atoms with van der Waals surface area (Å²) in [7, 11) is 1.62. The number of carbonyl (C=O) groups excluding carboxylic acids is 2. The van der Waals surface area contributed by atoms with Crippen molar-refractivity contribution in [2.75, 3.05) is 7.11 Å². The smallest absolute Gasteiger partial charge is 0.325 e. The number of amides is 3. The number of imide groups is 1. The van der Waals surface area contributed by atoms with Gasteiger partial charge >= 0.3 is 6.03 Å². The quantitative estimate of drug-likeness (QED) is 0.492. The summed E-state index contributed by atoms with van der Waals surface area (Å²) in [5.41, 5.74) is -0.0362. The first kappa shape index (κ1) is 18.9. The highest BCUT2D eigenvalue weighted by atomic mass is 16.5. The van der Waals surface area contributed by atoms with Crippen molar-refractivity contribution in [2.24, 2.45) is 0 Å². The van der Waals surface area contributed by atoms with E-state index in [1.54, 1.807) is 32.2 Å². The van der Waals surface area contributed by atoms with Gasteiger partial charge in [-0.3, -0.25) is 9.69 Å². The molecule has 0 bridgehead atoms. The summed E-state index contributed by atoms with van der Waals surface area (Å²) in [6.45, 7) is 1.70. The van der Waals surface area contributed by atoms with Crippen LogP contribution in [0.15, 0.2) is 69.8 Å². The Hall–Kier alpha value is -4.07. The Morgan fingerprint density at radius 2 is 1.87 bits per heavy atom. The summed E-state index contributed by atoms with van der Waals surface area (Å²) in [5, 5.41) is 8.71. The molecule has 0 radical (unpaired) electrons. The van der Waals surface area contributed by atoms with E-state index in [1.807, 2.05) is 36.4 Å². The van der Waals surface area contributed by atoms with Crippen LogP contribution in [0.2, 0.25) is 0 Å². The van der Waals surface area contributed by atoms with E-state index in [-0.39, 0.29) is 12.5 Å². The molecule has 3 amide bonds. The Labute approximate surface area is 177 Å². The molecule has 1 fully saturated rings. The highest BCUT2D eigenvalue weighted by molar-refractivity contribution is 6.07. The molecule has 5 rings (SSSR count). The number of aromatic nitrogens is 1. The molecule has 3 heterocycles. The molecular weight excluding hydrogens is 398 g/mol. The second-order valence-electron chi connectivity index (χ2n) is 7.53. The summed E-state index contributed by atoms with van der Waals surface area (Å²) in [4.78, 5) is 27.1. The number of benzene rings is 2. The number of hydrogen-bond donors (Lipinski definition) is 1. The zero-order valence-corrected chi connectivity index (χ0v) is 16.9. The van der Waals surface area contributed by atoms with E-state index in [9.17, 15) is 9.59 Å². The lowest BCUT2D eigenvalue weighted by Gasteiger charge is -2.22. The van der Waals surface area contributed by atoms with Crippen LogP contribution in [0.1, 0.15) is 18.2 Å². The van der Waals surface area contributed by atoms with Gasteiger partial charge in [0.2, 0.25) is 5.76 Å². The van der Waals surface area contributed by atoms with Gasteiger partial charge in [-0.1, -0.05) is 23.4 Å². The average Bonchev–Trinajstić information content (AvgIpc) is 3.51. The number of fused-ring (bicyclic) bond motifs is 1. The van der Waals surface area contributed by atoms with Gasteiger partial charge in [0.15, 0.2) is 5.76 Å². The number of rotatable bonds is 5. The van der Waals surface area contributed by atoms with E-state index in [4.69, 9.17) is 13.7 Å². The van der Waals surface area contributed by atoms with Crippen molar-refractivity contribution in [3.8, 4) is 17.3 Å². The highest BCUT2D eigenvalue weighted by Gasteiger charge is 2.49. The summed E-state index contributed by atoms with van der Waals surface area (Å²) in [6.07, 6.45) is 1.53. The minimum Gasteiger partial charge on any atom is -0.497 e. The second-order valence-corrected chi connectivity index (χ2v) is 7.53. The highest BCUT2D eigenvalue weighted by Crippen LogP contribution is 2.33. The van der Waals surface area contributed by atoms with Gasteiger partial charge < -0.3 is 19.0 Å². The summed E-state index contributed by atoms with van der Waals surface area (Å²) < 4.78 is 15.8. The number of nitrogens with one attached hydrogen (secondary N) is 1. The first-order valence-electron chi connectivity index (χ1n) is 9.70. The molecule has 1 aliphatic rings. The number of ether oxygens (including phenoxy) is 1. The Morgan fingerprint density at radius 1 is 1.06 bits per heavy atom. The van der Waals surface area contributed by atoms with Crippen LogP contribution in [0.25, 0.3) is 22.3 Å². The standard InChI is InChI=1S/C23H19N3O5/c1-23(16-7-5-15-11-18(29-2)8-6-14(15)10-16)21(27)26(22(28)24-23)13-17-12-20(31-25-17)19-4-3-9-30-19/h3-12H,13H2,1-2H3,(H,24,28)/t23-/m0/s1. The minimum absolute atomic E-state index is 0.00472. The Balaban J connectivity index is 1.42. The topological polar surface area (TPSA) is 97.8 Å². The van der Waals surface area contributed by atoms with Crippen LogP contribution < -0.4 is 10.1 Å². The first-order valence-corrected chi connectivity index (χ1v) is 9.70. The molecule has 8 nitrogen and oxygen atoms in total. The van der Waals surface area contributed by atoms with E-state index >= 15 is 0 Å². The molecule has 1 atom stereocenters. The largest absolute Gasteiger partial charge is 0.497 e. The van der Waals surface area contributed by atoms with Gasteiger partial charge in [-0.15, -0.1) is 0 Å². The maximum Gasteiger partial charge on any atom is 0.325 e. The fraction of sp³-hybridized carbons (Fsp3) is 0.174. The van der Waals surface area contributed by atoms with Crippen molar-refractivity contribution in [2.45, 2.75) is 19.0 Å². The van der Waals surface area contributed by atoms with E-state index in [0.29, 0.717) is 22.8 Å². The summed E-state index contributed by atoms with van der Waals surface area (Å²) in [5.74, 6) is 1.35. The third-order valence-corrected chi connectivity index (χ3v) is 5.54. The molecule has 0 aliphatic carbocycles. The zero-order valence-electron chi connectivity index (χ0n) is 16.9. The first-order chi connectivity index (χ1) is 15.0. The van der Waals surface area contributed by atoms with E-state index in [2.05, 4.69) is 10.5 Å². The predicted octanol–water partition coefficient (Wildman–Crippen LogP) is 4.06. The van der Waals surface area contributed by atoms with Crippen LogP contribution in [-0.4, -0.2) is 29.1 Å². The van der Waals surface area contributed by atoms with Gasteiger partial charge in [0, 0.05) is 6.07 Å². The third-order valence-electron chi connectivity index (χ3n) is 5.54. The normalized spacial score (nSPS) is 18.6. The Kier molecular flexibility index (Phi) is 4.28. The van der Waals surface area contributed by atoms with Crippen molar-refractivity contribution in [3.63, 3.8) is 0 Å². The molecule has 8 heteroatoms. The van der Waals surface area contributed by atoms with Crippen LogP contribution in [0.3, 0.4) is 0 Å². The molecule has 1 aliphatic heterocycles. The lowest BCUT2D eigenvalue weighted by atomic mass is 9.90. The number of methoxy groups -OCH3 is 1. The van der Waals surface area contributed by atoms with E-state index in [0.717, 1.165) is 21.4 Å². The van der Waals surface area contributed by atoms with E-state index in [1.165, 1.54) is 6.26 Å². The summed E-state index contributed by atoms with van der Waals surface area (Å²) >= 11 is 0. The van der Waals surface area contributed by atoms with Crippen LogP contribution in [0.5, 0.6) is 5.75 Å². The molecule has 156 valence electrons. The molecule has 1 N–H and O–H groups in total. The number of hydrogen-bond acceptors (Lipinski definition) is 6. The Bertz CT molecular complexity index is 1290. The van der Waals surface area contributed by atoms with Gasteiger partial charge in [0.05, 0.1) is 19.9 Å². The zero-order chi connectivity index (χ0) is 21.6. The molecule has 2 aromatic carbocycles. The van der Waals surface area contributed by atoms with Gasteiger partial charge in [-0.05, 0) is 53.6 Å². The lowest BCUT2D eigenvalue weighted by Crippen LogP contribution is -2.40. The van der Waals surface area contributed by atoms with Gasteiger partial charge in [-0.2, -0.15) is 0 Å². The SMILES string of the molecule is COc1ccc2cc([C@]3(C)NC(=O)N(Cc4cc(-c5ccco5)on4)C3=O)ccc2c1. The van der Waals surface area contributed by atoms with Crippen LogP contribution in [0.4, 0.5) is 4.79 Å². The van der Waals surface area contributed by atoms with Crippen molar-refractivity contribution in [3.05, 3.63) is 72.1 Å². The maximum atomic E-state index is 13.3. The minimum atomic E-state index is -1.18. The second kappa shape index (κ2) is 7.02. The molecule has 0 saturated carbocycles. The fourth-order valence-corrected chi connectivity index (χ4v) is 3.78. The van der Waals surface area contributed by atoms with Crippen LogP contribution in [-0.2, 0) is 16.9 Å². The van der Waals surface area contributed by atoms with Gasteiger partial charge in [-0.25, -0.2) is 4.79 Å². The molecule has 0 spiro atoms. The fourth-order valence-electron chi connectivity index (χ4n) is 3.78. The summed E-state index contributed by atoms with van der Waals surface area (Å²) in [6, 6.07) is 16.0. The molecule has 2 aromatic heterocycles. The van der Waals surface area contributed by atoms with Gasteiger partial charge in [0.25, 0.3) is 5.91 Å². The van der Waals surface area contributed by atoms with Crippen LogP contribution in [0, 0.1) is 0 Å². The number of carbonyl (C=O) groups is 2. The molecule has 4 aromatic rings. The monoisotopic (exact) mass is 417 g/mol. The molecule has 0 unspecified atom stereocenters. The number of urea groups is 1. The Morgan fingerprint density at radius 3 is 2.65 bits per heavy atom. The van der Waals surface area contributed by atoms with Crippen molar-refractivity contribution < 1.29 is 23.3 Å².